The van der Waals surface area contributed by atoms with Gasteiger partial charge in [0.05, 0.1) is 15.6 Å². The van der Waals surface area contributed by atoms with E-state index < -0.39 is 0 Å². The molecule has 0 spiro atoms. The number of nitrogens with two attached hydrogens (primary N) is 1. The Morgan fingerprint density at radius 1 is 0.909 bits per heavy atom. The molecule has 0 aliphatic carbocycles. The zero-order valence-corrected chi connectivity index (χ0v) is 13.7. The third-order valence-corrected chi connectivity index (χ3v) is 4.53. The number of nitrogens with one attached hydrogen (secondary N) is 1. The van der Waals surface area contributed by atoms with Gasteiger partial charge in [-0.25, -0.2) is 0 Å². The minimum absolute atomic E-state index is 0.696. The maximum atomic E-state index is 6.44. The zero-order chi connectivity index (χ0) is 15.5. The largest absolute Gasteiger partial charge is 0.353 e. The minimum atomic E-state index is 0.696. The molecule has 1 heterocycles. The average Bonchev–Trinajstić information content (AvgIpc) is 2.93. The molecule has 0 aliphatic rings. The number of aromatic nitrogens is 1. The first-order valence-electron chi connectivity index (χ1n) is 7.46. The number of fused-ring (bicyclic) bond motifs is 1. The van der Waals surface area contributed by atoms with Crippen molar-refractivity contribution in [1.29, 1.82) is 0 Å². The van der Waals surface area contributed by atoms with Crippen LogP contribution < -0.4 is 5.73 Å². The van der Waals surface area contributed by atoms with E-state index in [1.165, 1.54) is 5.56 Å². The van der Waals surface area contributed by atoms with Gasteiger partial charge in [-0.15, -0.1) is 0 Å². The Bertz CT molecular complexity index is 779. The van der Waals surface area contributed by atoms with Crippen LogP contribution in [0.1, 0.15) is 18.4 Å². The molecule has 0 radical (unpaired) electrons. The van der Waals surface area contributed by atoms with E-state index in [9.17, 15) is 0 Å². The Morgan fingerprint density at radius 2 is 1.64 bits per heavy atom. The molecule has 0 amide bonds. The summed E-state index contributed by atoms with van der Waals surface area (Å²) >= 11 is 12.8. The van der Waals surface area contributed by atoms with Crippen molar-refractivity contribution in [1.82, 2.24) is 4.98 Å². The van der Waals surface area contributed by atoms with Crippen molar-refractivity contribution >= 4 is 34.1 Å². The summed E-state index contributed by atoms with van der Waals surface area (Å²) in [6.07, 6.45) is 2.96. The number of aromatic amines is 1. The first-order valence-corrected chi connectivity index (χ1v) is 8.22. The Kier molecular flexibility index (Phi) is 4.72. The molecule has 0 atom stereocenters. The van der Waals surface area contributed by atoms with E-state index in [-0.39, 0.29) is 0 Å². The Labute approximate surface area is 140 Å². The summed E-state index contributed by atoms with van der Waals surface area (Å²) in [6.45, 7) is 0.706. The molecule has 2 aromatic carbocycles. The number of hydrogen-bond acceptors (Lipinski definition) is 1. The third kappa shape index (κ3) is 2.87. The fraction of sp³-hybridized carbons (Fsp3) is 0.222. The maximum absolute atomic E-state index is 6.44. The highest BCUT2D eigenvalue weighted by atomic mass is 35.5. The smallest absolute Gasteiger partial charge is 0.0666 e. The maximum Gasteiger partial charge on any atom is 0.0666 e. The zero-order valence-electron chi connectivity index (χ0n) is 12.2. The first-order chi connectivity index (χ1) is 10.7. The summed E-state index contributed by atoms with van der Waals surface area (Å²) < 4.78 is 0. The van der Waals surface area contributed by atoms with Gasteiger partial charge < -0.3 is 10.7 Å². The van der Waals surface area contributed by atoms with E-state index in [0.717, 1.165) is 46.4 Å². The molecule has 3 N–H and O–H groups in total. The first kappa shape index (κ1) is 15.4. The molecule has 3 rings (SSSR count). The van der Waals surface area contributed by atoms with Gasteiger partial charge in [0.25, 0.3) is 0 Å². The van der Waals surface area contributed by atoms with Crippen LogP contribution in [0.15, 0.2) is 42.5 Å². The number of unbranched alkanes of at least 4 members (excludes halogenated alkanes) is 1. The van der Waals surface area contributed by atoms with Gasteiger partial charge in [-0.05, 0) is 49.1 Å². The summed E-state index contributed by atoms with van der Waals surface area (Å²) in [6, 6.07) is 14.0. The topological polar surface area (TPSA) is 41.8 Å². The van der Waals surface area contributed by atoms with Gasteiger partial charge in [-0.3, -0.25) is 0 Å². The number of aryl methyl sites for hydroxylation is 1. The van der Waals surface area contributed by atoms with Crippen LogP contribution in [0.4, 0.5) is 0 Å². The molecule has 0 aliphatic heterocycles. The fourth-order valence-corrected chi connectivity index (χ4v) is 3.32. The second kappa shape index (κ2) is 6.74. The summed E-state index contributed by atoms with van der Waals surface area (Å²) in [7, 11) is 0. The molecule has 0 unspecified atom stereocenters. The van der Waals surface area contributed by atoms with Crippen LogP contribution in [0, 0.1) is 0 Å². The lowest BCUT2D eigenvalue weighted by Crippen LogP contribution is -1.99. The van der Waals surface area contributed by atoms with Crippen molar-refractivity contribution in [3.05, 3.63) is 58.1 Å². The summed E-state index contributed by atoms with van der Waals surface area (Å²) in [5.74, 6) is 0. The number of benzene rings is 2. The van der Waals surface area contributed by atoms with Crippen molar-refractivity contribution in [2.45, 2.75) is 19.3 Å². The summed E-state index contributed by atoms with van der Waals surface area (Å²) in [5.41, 5.74) is 10.0. The van der Waals surface area contributed by atoms with Gasteiger partial charge in [-0.2, -0.15) is 0 Å². The van der Waals surface area contributed by atoms with Gasteiger partial charge >= 0.3 is 0 Å². The molecule has 2 nitrogen and oxygen atoms in total. The van der Waals surface area contributed by atoms with Crippen molar-refractivity contribution in [2.75, 3.05) is 6.54 Å². The number of H-pyrrole nitrogens is 1. The molecule has 0 bridgehead atoms. The summed E-state index contributed by atoms with van der Waals surface area (Å²) in [4.78, 5) is 3.47. The molecule has 1 aromatic heterocycles. The predicted octanol–water partition coefficient (Wildman–Crippen LogP) is 5.42. The quantitative estimate of drug-likeness (QED) is 0.601. The third-order valence-electron chi connectivity index (χ3n) is 3.90. The highest BCUT2D eigenvalue weighted by molar-refractivity contribution is 6.40. The SMILES string of the molecule is NCCCCc1c(-c2ccccc2)[nH]c2c(Cl)ccc(Cl)c12. The second-order valence-electron chi connectivity index (χ2n) is 5.37. The van der Waals surface area contributed by atoms with Crippen LogP contribution in [0.25, 0.3) is 22.2 Å². The monoisotopic (exact) mass is 332 g/mol. The molecule has 3 aromatic rings. The van der Waals surface area contributed by atoms with Crippen LogP contribution in [0.2, 0.25) is 10.0 Å². The minimum Gasteiger partial charge on any atom is -0.353 e. The van der Waals surface area contributed by atoms with Crippen molar-refractivity contribution in [3.8, 4) is 11.3 Å². The highest BCUT2D eigenvalue weighted by Crippen LogP contribution is 2.38. The van der Waals surface area contributed by atoms with E-state index in [1.807, 2.05) is 30.3 Å². The lowest BCUT2D eigenvalue weighted by atomic mass is 10.0. The van der Waals surface area contributed by atoms with Crippen molar-refractivity contribution < 1.29 is 0 Å². The molecule has 0 saturated carbocycles. The van der Waals surface area contributed by atoms with E-state index in [2.05, 4.69) is 17.1 Å². The van der Waals surface area contributed by atoms with Gasteiger partial charge in [0, 0.05) is 11.1 Å². The number of hydrogen-bond donors (Lipinski definition) is 2. The van der Waals surface area contributed by atoms with E-state index in [0.29, 0.717) is 11.6 Å². The predicted molar refractivity (Wildman–Crippen MR) is 95.7 cm³/mol. The van der Waals surface area contributed by atoms with Crippen LogP contribution in [0.3, 0.4) is 0 Å². The average molecular weight is 333 g/mol. The lowest BCUT2D eigenvalue weighted by Gasteiger charge is -2.06. The summed E-state index contributed by atoms with van der Waals surface area (Å²) in [5, 5.41) is 2.47. The molecule has 114 valence electrons. The van der Waals surface area contributed by atoms with Gasteiger partial charge in [0.2, 0.25) is 0 Å². The van der Waals surface area contributed by atoms with Crippen LogP contribution in [-0.4, -0.2) is 11.5 Å². The Balaban J connectivity index is 2.19. The van der Waals surface area contributed by atoms with Crippen LogP contribution in [0.5, 0.6) is 0 Å². The van der Waals surface area contributed by atoms with Gasteiger partial charge in [0.1, 0.15) is 0 Å². The Hall–Kier alpha value is -1.48. The van der Waals surface area contributed by atoms with E-state index >= 15 is 0 Å². The molecule has 4 heteroatoms. The van der Waals surface area contributed by atoms with E-state index in [4.69, 9.17) is 28.9 Å². The lowest BCUT2D eigenvalue weighted by molar-refractivity contribution is 0.748. The van der Waals surface area contributed by atoms with Crippen LogP contribution >= 0.6 is 23.2 Å². The standard InChI is InChI=1S/C18H18Cl2N2/c19-14-9-10-15(20)18-16(14)13(8-4-5-11-21)17(22-18)12-6-2-1-3-7-12/h1-3,6-7,9-10,22H,4-5,8,11,21H2. The normalized spacial score (nSPS) is 11.2. The molecular formula is C18H18Cl2N2. The Morgan fingerprint density at radius 3 is 2.36 bits per heavy atom. The highest BCUT2D eigenvalue weighted by Gasteiger charge is 2.17. The molecule has 22 heavy (non-hydrogen) atoms. The molecule has 0 fully saturated rings. The second-order valence-corrected chi connectivity index (χ2v) is 6.18. The van der Waals surface area contributed by atoms with Gasteiger partial charge in [-0.1, -0.05) is 53.5 Å². The fourth-order valence-electron chi connectivity index (χ4n) is 2.84. The van der Waals surface area contributed by atoms with Crippen molar-refractivity contribution in [3.63, 3.8) is 0 Å². The van der Waals surface area contributed by atoms with Gasteiger partial charge in [0.15, 0.2) is 0 Å². The molecule has 0 saturated heterocycles. The number of rotatable bonds is 5. The molecular weight excluding hydrogens is 315 g/mol. The number of halogens is 2. The van der Waals surface area contributed by atoms with E-state index in [1.54, 1.807) is 0 Å². The van der Waals surface area contributed by atoms with Crippen LogP contribution in [-0.2, 0) is 6.42 Å². The van der Waals surface area contributed by atoms with Crippen molar-refractivity contribution in [2.24, 2.45) is 5.73 Å².